The van der Waals surface area contributed by atoms with Crippen molar-refractivity contribution >= 4 is 17.7 Å². The number of methoxy groups -OCH3 is 1. The highest BCUT2D eigenvalue weighted by Crippen LogP contribution is 2.28. The van der Waals surface area contributed by atoms with Crippen LogP contribution < -0.4 is 14.8 Å². The predicted octanol–water partition coefficient (Wildman–Crippen LogP) is 3.04. The number of carbonyl (C=O) groups is 1. The highest BCUT2D eigenvalue weighted by molar-refractivity contribution is 7.99. The molecule has 1 amide bonds. The molecular weight excluding hydrogens is 324 g/mol. The number of hydrogen-bond acceptors (Lipinski definition) is 5. The Bertz CT molecular complexity index is 665. The molecule has 0 spiro atoms. The minimum atomic E-state index is -0.0611. The van der Waals surface area contributed by atoms with E-state index in [9.17, 15) is 4.79 Å². The zero-order valence-corrected chi connectivity index (χ0v) is 14.9. The summed E-state index contributed by atoms with van der Waals surface area (Å²) in [5.74, 6) is 1.33. The lowest BCUT2D eigenvalue weighted by Crippen LogP contribution is -2.30. The molecule has 0 fully saturated rings. The molecule has 5 nitrogen and oxygen atoms in total. The van der Waals surface area contributed by atoms with Crippen molar-refractivity contribution in [2.75, 3.05) is 13.4 Å². The summed E-state index contributed by atoms with van der Waals surface area (Å²) in [6.45, 7) is 2.77. The number of pyridine rings is 1. The minimum Gasteiger partial charge on any atom is -0.493 e. The van der Waals surface area contributed by atoms with Crippen molar-refractivity contribution < 1.29 is 14.3 Å². The van der Waals surface area contributed by atoms with Crippen LogP contribution in [0.3, 0.4) is 0 Å². The van der Waals surface area contributed by atoms with E-state index in [1.54, 1.807) is 19.5 Å². The van der Waals surface area contributed by atoms with Crippen LogP contribution >= 0.6 is 11.8 Å². The zero-order valence-electron chi connectivity index (χ0n) is 14.1. The first kappa shape index (κ1) is 18.1. The van der Waals surface area contributed by atoms with Gasteiger partial charge in [-0.05, 0) is 36.9 Å². The summed E-state index contributed by atoms with van der Waals surface area (Å²) in [6, 6.07) is 9.48. The maximum Gasteiger partial charge on any atom is 0.233 e. The molecule has 2 aromatic rings. The molecule has 0 bridgehead atoms. The summed E-state index contributed by atoms with van der Waals surface area (Å²) in [4.78, 5) is 15.9. The number of nitrogens with zero attached hydrogens (tertiary/aromatic N) is 1. The van der Waals surface area contributed by atoms with Gasteiger partial charge in [-0.1, -0.05) is 12.1 Å². The fraction of sp³-hybridized carbons (Fsp3) is 0.333. The Morgan fingerprint density at radius 3 is 2.79 bits per heavy atom. The SMILES string of the molecule is COc1cc(CNC(=O)[C@H](C)SC)ccc1OCc1cccnc1. The maximum atomic E-state index is 11.8. The molecule has 0 aliphatic rings. The molecule has 128 valence electrons. The van der Waals surface area contributed by atoms with Crippen molar-refractivity contribution in [1.82, 2.24) is 10.3 Å². The molecule has 1 aromatic carbocycles. The monoisotopic (exact) mass is 346 g/mol. The lowest BCUT2D eigenvalue weighted by Gasteiger charge is -2.13. The third-order valence-corrected chi connectivity index (χ3v) is 4.46. The van der Waals surface area contributed by atoms with Gasteiger partial charge in [0.05, 0.1) is 12.4 Å². The fourth-order valence-electron chi connectivity index (χ4n) is 2.03. The predicted molar refractivity (Wildman–Crippen MR) is 96.4 cm³/mol. The van der Waals surface area contributed by atoms with Gasteiger partial charge in [0.2, 0.25) is 5.91 Å². The molecule has 0 radical (unpaired) electrons. The van der Waals surface area contributed by atoms with Gasteiger partial charge in [0.1, 0.15) is 6.61 Å². The number of hydrogen-bond donors (Lipinski definition) is 1. The van der Waals surface area contributed by atoms with Crippen LogP contribution in [0.5, 0.6) is 11.5 Å². The largest absolute Gasteiger partial charge is 0.493 e. The fourth-order valence-corrected chi connectivity index (χ4v) is 2.32. The number of thioether (sulfide) groups is 1. The number of carbonyl (C=O) groups excluding carboxylic acids is 1. The number of benzene rings is 1. The molecule has 0 aliphatic carbocycles. The minimum absolute atomic E-state index is 0.0263. The summed E-state index contributed by atoms with van der Waals surface area (Å²) in [5.41, 5.74) is 1.95. The van der Waals surface area contributed by atoms with Crippen LogP contribution in [-0.4, -0.2) is 29.5 Å². The lowest BCUT2D eigenvalue weighted by atomic mass is 10.2. The van der Waals surface area contributed by atoms with E-state index in [2.05, 4.69) is 10.3 Å². The van der Waals surface area contributed by atoms with Crippen LogP contribution in [0.15, 0.2) is 42.7 Å². The van der Waals surface area contributed by atoms with Gasteiger partial charge in [0.25, 0.3) is 0 Å². The standard InChI is InChI=1S/C18H22N2O3S/c1-13(24-3)18(21)20-11-14-6-7-16(17(9-14)22-2)23-12-15-5-4-8-19-10-15/h4-10,13H,11-12H2,1-3H3,(H,20,21)/t13-/m0/s1. The Labute approximate surface area is 146 Å². The van der Waals surface area contributed by atoms with Gasteiger partial charge in [-0.3, -0.25) is 9.78 Å². The van der Waals surface area contributed by atoms with Crippen LogP contribution in [0.4, 0.5) is 0 Å². The number of ether oxygens (including phenoxy) is 2. The van der Waals surface area contributed by atoms with Crippen molar-refractivity contribution in [2.45, 2.75) is 25.3 Å². The molecule has 1 atom stereocenters. The summed E-state index contributed by atoms with van der Waals surface area (Å²) < 4.78 is 11.2. The topological polar surface area (TPSA) is 60.5 Å². The summed E-state index contributed by atoms with van der Waals surface area (Å²) in [5, 5.41) is 2.85. The number of aromatic nitrogens is 1. The number of nitrogens with one attached hydrogen (secondary N) is 1. The Morgan fingerprint density at radius 1 is 1.29 bits per heavy atom. The Balaban J connectivity index is 1.98. The van der Waals surface area contributed by atoms with Crippen molar-refractivity contribution in [2.24, 2.45) is 0 Å². The second-order valence-electron chi connectivity index (χ2n) is 5.23. The van der Waals surface area contributed by atoms with Crippen molar-refractivity contribution in [3.05, 3.63) is 53.9 Å². The molecule has 1 N–H and O–H groups in total. The van der Waals surface area contributed by atoms with E-state index in [1.807, 2.05) is 43.5 Å². The second kappa shape index (κ2) is 9.17. The highest BCUT2D eigenvalue weighted by Gasteiger charge is 2.11. The summed E-state index contributed by atoms with van der Waals surface area (Å²) >= 11 is 1.52. The van der Waals surface area contributed by atoms with E-state index < -0.39 is 0 Å². The highest BCUT2D eigenvalue weighted by atomic mass is 32.2. The van der Waals surface area contributed by atoms with Gasteiger partial charge in [0.15, 0.2) is 11.5 Å². The Kier molecular flexibility index (Phi) is 6.93. The summed E-state index contributed by atoms with van der Waals surface area (Å²) in [7, 11) is 1.60. The van der Waals surface area contributed by atoms with Crippen LogP contribution in [0, 0.1) is 0 Å². The molecule has 0 saturated heterocycles. The molecule has 6 heteroatoms. The van der Waals surface area contributed by atoms with Crippen LogP contribution in [0.2, 0.25) is 0 Å². The van der Waals surface area contributed by atoms with Gasteiger partial charge in [-0.2, -0.15) is 11.8 Å². The first-order valence-corrected chi connectivity index (χ1v) is 8.92. The third kappa shape index (κ3) is 5.16. The Morgan fingerprint density at radius 2 is 2.12 bits per heavy atom. The quantitative estimate of drug-likeness (QED) is 0.796. The van der Waals surface area contributed by atoms with E-state index in [0.717, 1.165) is 11.1 Å². The third-order valence-electron chi connectivity index (χ3n) is 3.53. The molecule has 1 heterocycles. The average Bonchev–Trinajstić information content (AvgIpc) is 2.64. The van der Waals surface area contributed by atoms with E-state index in [-0.39, 0.29) is 11.2 Å². The second-order valence-corrected chi connectivity index (χ2v) is 6.41. The molecule has 1 aromatic heterocycles. The van der Waals surface area contributed by atoms with Crippen LogP contribution in [0.25, 0.3) is 0 Å². The van der Waals surface area contributed by atoms with Gasteiger partial charge in [0, 0.05) is 24.5 Å². The van der Waals surface area contributed by atoms with Gasteiger partial charge in [-0.25, -0.2) is 0 Å². The van der Waals surface area contributed by atoms with Crippen molar-refractivity contribution in [3.63, 3.8) is 0 Å². The van der Waals surface area contributed by atoms with E-state index >= 15 is 0 Å². The number of rotatable bonds is 8. The van der Waals surface area contributed by atoms with Crippen LogP contribution in [0.1, 0.15) is 18.1 Å². The van der Waals surface area contributed by atoms with Crippen molar-refractivity contribution in [3.8, 4) is 11.5 Å². The molecule has 2 rings (SSSR count). The van der Waals surface area contributed by atoms with Gasteiger partial charge in [-0.15, -0.1) is 0 Å². The summed E-state index contributed by atoms with van der Waals surface area (Å²) in [6.07, 6.45) is 5.41. The van der Waals surface area contributed by atoms with Gasteiger partial charge < -0.3 is 14.8 Å². The normalized spacial score (nSPS) is 11.6. The smallest absolute Gasteiger partial charge is 0.233 e. The lowest BCUT2D eigenvalue weighted by molar-refractivity contribution is -0.120. The first-order valence-electron chi connectivity index (χ1n) is 7.63. The van der Waals surface area contributed by atoms with E-state index in [0.29, 0.717) is 24.7 Å². The zero-order chi connectivity index (χ0) is 17.4. The Hall–Kier alpha value is -2.21. The molecule has 0 saturated carbocycles. The maximum absolute atomic E-state index is 11.8. The first-order chi connectivity index (χ1) is 11.6. The van der Waals surface area contributed by atoms with E-state index in [4.69, 9.17) is 9.47 Å². The molecule has 24 heavy (non-hydrogen) atoms. The van der Waals surface area contributed by atoms with Gasteiger partial charge >= 0.3 is 0 Å². The van der Waals surface area contributed by atoms with Crippen LogP contribution in [-0.2, 0) is 17.9 Å². The molecule has 0 unspecified atom stereocenters. The average molecular weight is 346 g/mol. The van der Waals surface area contributed by atoms with Crippen molar-refractivity contribution in [1.29, 1.82) is 0 Å². The number of amides is 1. The van der Waals surface area contributed by atoms with E-state index in [1.165, 1.54) is 11.8 Å². The molecular formula is C18H22N2O3S. The molecule has 0 aliphatic heterocycles.